The number of nitrogens with zero attached hydrogens (tertiary/aromatic N) is 1. The molecule has 2 rings (SSSR count). The number of aryl methyl sites for hydroxylation is 1. The molecule has 1 aliphatic heterocycles. The smallest absolute Gasteiger partial charge is 0.310 e. The standard InChI is InChI=1S/C13H17NO2/c1-10-4-3-5-12(8-10)14-7-6-11(9-14)13(15)16-2/h3-5,8,11H,6-7,9H2,1-2H3. The molecule has 16 heavy (non-hydrogen) atoms. The molecule has 1 fully saturated rings. The summed E-state index contributed by atoms with van der Waals surface area (Å²) in [6.07, 6.45) is 0.889. The van der Waals surface area contributed by atoms with Gasteiger partial charge in [0.1, 0.15) is 0 Å². The molecule has 1 aromatic carbocycles. The second-order valence-electron chi connectivity index (χ2n) is 4.29. The monoisotopic (exact) mass is 219 g/mol. The molecule has 0 aromatic heterocycles. The van der Waals surface area contributed by atoms with Gasteiger partial charge in [0.05, 0.1) is 13.0 Å². The molecule has 1 unspecified atom stereocenters. The molecule has 0 amide bonds. The molecule has 1 saturated heterocycles. The van der Waals surface area contributed by atoms with E-state index in [2.05, 4.69) is 36.1 Å². The summed E-state index contributed by atoms with van der Waals surface area (Å²) >= 11 is 0. The van der Waals surface area contributed by atoms with Crippen molar-refractivity contribution in [3.8, 4) is 0 Å². The van der Waals surface area contributed by atoms with Crippen LogP contribution in [0.5, 0.6) is 0 Å². The van der Waals surface area contributed by atoms with Gasteiger partial charge in [-0.15, -0.1) is 0 Å². The molecule has 1 atom stereocenters. The predicted octanol–water partition coefficient (Wildman–Crippen LogP) is 1.99. The third-order valence-electron chi connectivity index (χ3n) is 3.09. The van der Waals surface area contributed by atoms with Gasteiger partial charge >= 0.3 is 5.97 Å². The molecular formula is C13H17NO2. The number of benzene rings is 1. The van der Waals surface area contributed by atoms with E-state index in [0.29, 0.717) is 0 Å². The Labute approximate surface area is 96.0 Å². The predicted molar refractivity (Wildman–Crippen MR) is 63.5 cm³/mol. The van der Waals surface area contributed by atoms with Gasteiger partial charge in [-0.05, 0) is 31.0 Å². The van der Waals surface area contributed by atoms with Crippen molar-refractivity contribution in [2.24, 2.45) is 5.92 Å². The van der Waals surface area contributed by atoms with Gasteiger partial charge in [0.25, 0.3) is 0 Å². The number of hydrogen-bond donors (Lipinski definition) is 0. The number of rotatable bonds is 2. The number of methoxy groups -OCH3 is 1. The van der Waals surface area contributed by atoms with E-state index < -0.39 is 0 Å². The van der Waals surface area contributed by atoms with E-state index in [1.54, 1.807) is 0 Å². The quantitative estimate of drug-likeness (QED) is 0.712. The number of hydrogen-bond acceptors (Lipinski definition) is 3. The van der Waals surface area contributed by atoms with Gasteiger partial charge in [-0.25, -0.2) is 0 Å². The van der Waals surface area contributed by atoms with Crippen LogP contribution in [0.25, 0.3) is 0 Å². The van der Waals surface area contributed by atoms with E-state index >= 15 is 0 Å². The average Bonchev–Trinajstić information content (AvgIpc) is 2.77. The van der Waals surface area contributed by atoms with Gasteiger partial charge in [0.2, 0.25) is 0 Å². The fourth-order valence-corrected chi connectivity index (χ4v) is 2.18. The number of ether oxygens (including phenoxy) is 1. The fourth-order valence-electron chi connectivity index (χ4n) is 2.18. The molecule has 1 aromatic rings. The summed E-state index contributed by atoms with van der Waals surface area (Å²) in [5.74, 6) is -0.0549. The molecule has 0 spiro atoms. The molecule has 0 radical (unpaired) electrons. The molecule has 0 aliphatic carbocycles. The lowest BCUT2D eigenvalue weighted by atomic mass is 10.1. The summed E-state index contributed by atoms with van der Waals surface area (Å²) in [5.41, 5.74) is 2.45. The maximum absolute atomic E-state index is 11.4. The van der Waals surface area contributed by atoms with Gasteiger partial charge in [-0.2, -0.15) is 0 Å². The van der Waals surface area contributed by atoms with E-state index in [-0.39, 0.29) is 11.9 Å². The Kier molecular flexibility index (Phi) is 3.13. The van der Waals surface area contributed by atoms with Crippen molar-refractivity contribution in [1.82, 2.24) is 0 Å². The second kappa shape index (κ2) is 4.56. The maximum Gasteiger partial charge on any atom is 0.310 e. The highest BCUT2D eigenvalue weighted by atomic mass is 16.5. The zero-order valence-corrected chi connectivity index (χ0v) is 9.77. The van der Waals surface area contributed by atoms with E-state index in [4.69, 9.17) is 4.74 Å². The molecule has 86 valence electrons. The normalized spacial score (nSPS) is 19.9. The molecule has 3 heteroatoms. The summed E-state index contributed by atoms with van der Waals surface area (Å²) in [6, 6.07) is 8.37. The van der Waals surface area contributed by atoms with Crippen LogP contribution in [0.3, 0.4) is 0 Å². The van der Waals surface area contributed by atoms with Crippen molar-refractivity contribution in [1.29, 1.82) is 0 Å². The number of anilines is 1. The second-order valence-corrected chi connectivity index (χ2v) is 4.29. The highest BCUT2D eigenvalue weighted by Crippen LogP contribution is 2.24. The van der Waals surface area contributed by atoms with E-state index in [0.717, 1.165) is 19.5 Å². The van der Waals surface area contributed by atoms with Crippen LogP contribution in [-0.2, 0) is 9.53 Å². The first-order valence-electron chi connectivity index (χ1n) is 5.60. The van der Waals surface area contributed by atoms with Gasteiger partial charge in [0.15, 0.2) is 0 Å². The SMILES string of the molecule is COC(=O)C1CCN(c2cccc(C)c2)C1. The van der Waals surface area contributed by atoms with Crippen molar-refractivity contribution in [3.05, 3.63) is 29.8 Å². The highest BCUT2D eigenvalue weighted by molar-refractivity contribution is 5.74. The Bertz CT molecular complexity index is 389. The Hall–Kier alpha value is -1.51. The molecule has 0 saturated carbocycles. The van der Waals surface area contributed by atoms with Crippen LogP contribution < -0.4 is 4.90 Å². The lowest BCUT2D eigenvalue weighted by Crippen LogP contribution is -2.23. The van der Waals surface area contributed by atoms with E-state index in [9.17, 15) is 4.79 Å². The van der Waals surface area contributed by atoms with Crippen LogP contribution >= 0.6 is 0 Å². The molecule has 1 heterocycles. The van der Waals surface area contributed by atoms with E-state index in [1.165, 1.54) is 18.4 Å². The van der Waals surface area contributed by atoms with Gasteiger partial charge < -0.3 is 9.64 Å². The molecule has 3 nitrogen and oxygen atoms in total. The fraction of sp³-hybridized carbons (Fsp3) is 0.462. The summed E-state index contributed by atoms with van der Waals surface area (Å²) in [7, 11) is 1.46. The van der Waals surface area contributed by atoms with Crippen LogP contribution in [0.4, 0.5) is 5.69 Å². The highest BCUT2D eigenvalue weighted by Gasteiger charge is 2.28. The summed E-state index contributed by atoms with van der Waals surface area (Å²) in [4.78, 5) is 13.7. The zero-order chi connectivity index (χ0) is 11.5. The minimum absolute atomic E-state index is 0.0329. The zero-order valence-electron chi connectivity index (χ0n) is 9.77. The first kappa shape index (κ1) is 11.0. The van der Waals surface area contributed by atoms with Gasteiger partial charge in [-0.1, -0.05) is 12.1 Å². The van der Waals surface area contributed by atoms with Crippen molar-refractivity contribution in [2.75, 3.05) is 25.1 Å². The Morgan fingerprint density at radius 2 is 2.31 bits per heavy atom. The van der Waals surface area contributed by atoms with Crippen LogP contribution in [0, 0.1) is 12.8 Å². The first-order chi connectivity index (χ1) is 7.70. The molecule has 0 bridgehead atoms. The third-order valence-corrected chi connectivity index (χ3v) is 3.09. The Morgan fingerprint density at radius 3 is 3.00 bits per heavy atom. The van der Waals surface area contributed by atoms with Crippen LogP contribution in [0.2, 0.25) is 0 Å². The summed E-state index contributed by atoms with van der Waals surface area (Å²) < 4.78 is 4.78. The number of carbonyl (C=O) groups excluding carboxylic acids is 1. The molecular weight excluding hydrogens is 202 g/mol. The topological polar surface area (TPSA) is 29.5 Å². The van der Waals surface area contributed by atoms with Gasteiger partial charge in [-0.3, -0.25) is 4.79 Å². The minimum atomic E-state index is -0.0878. The van der Waals surface area contributed by atoms with Crippen LogP contribution in [0.1, 0.15) is 12.0 Å². The number of esters is 1. The van der Waals surface area contributed by atoms with E-state index in [1.807, 2.05) is 0 Å². The van der Waals surface area contributed by atoms with Crippen LogP contribution in [0.15, 0.2) is 24.3 Å². The first-order valence-corrected chi connectivity index (χ1v) is 5.60. The Balaban J connectivity index is 2.06. The molecule has 0 N–H and O–H groups in total. The van der Waals surface area contributed by atoms with Crippen molar-refractivity contribution in [2.45, 2.75) is 13.3 Å². The summed E-state index contributed by atoms with van der Waals surface area (Å²) in [6.45, 7) is 3.79. The summed E-state index contributed by atoms with van der Waals surface area (Å²) in [5, 5.41) is 0. The Morgan fingerprint density at radius 1 is 1.50 bits per heavy atom. The van der Waals surface area contributed by atoms with Crippen molar-refractivity contribution >= 4 is 11.7 Å². The number of carbonyl (C=O) groups is 1. The minimum Gasteiger partial charge on any atom is -0.469 e. The lowest BCUT2D eigenvalue weighted by molar-refractivity contribution is -0.144. The van der Waals surface area contributed by atoms with Crippen molar-refractivity contribution in [3.63, 3.8) is 0 Å². The molecule has 1 aliphatic rings. The van der Waals surface area contributed by atoms with Crippen molar-refractivity contribution < 1.29 is 9.53 Å². The van der Waals surface area contributed by atoms with Crippen LogP contribution in [-0.4, -0.2) is 26.2 Å². The lowest BCUT2D eigenvalue weighted by Gasteiger charge is -2.18. The maximum atomic E-state index is 11.4. The van der Waals surface area contributed by atoms with Gasteiger partial charge in [0, 0.05) is 18.8 Å². The average molecular weight is 219 g/mol. The third kappa shape index (κ3) is 2.18. The largest absolute Gasteiger partial charge is 0.469 e.